The van der Waals surface area contributed by atoms with Crippen molar-refractivity contribution in [1.29, 1.82) is 0 Å². The molecule has 1 aromatic rings. The molecular formula is C21H31NO3. The van der Waals surface area contributed by atoms with Crippen LogP contribution in [0.4, 0.5) is 0 Å². The number of piperidine rings is 1. The quantitative estimate of drug-likeness (QED) is 0.757. The third-order valence-electron chi connectivity index (χ3n) is 6.07. The Morgan fingerprint density at radius 3 is 2.80 bits per heavy atom. The van der Waals surface area contributed by atoms with Gasteiger partial charge in [-0.15, -0.1) is 0 Å². The lowest BCUT2D eigenvalue weighted by atomic mass is 9.73. The van der Waals surface area contributed by atoms with Gasteiger partial charge in [-0.25, -0.2) is 0 Å². The Morgan fingerprint density at radius 2 is 2.04 bits per heavy atom. The summed E-state index contributed by atoms with van der Waals surface area (Å²) in [4.78, 5) is 2.59. The molecular weight excluding hydrogens is 314 g/mol. The van der Waals surface area contributed by atoms with Crippen molar-refractivity contribution < 1.29 is 14.2 Å². The first-order valence-corrected chi connectivity index (χ1v) is 9.82. The second-order valence-electron chi connectivity index (χ2n) is 8.13. The largest absolute Gasteiger partial charge is 0.497 e. The molecule has 2 unspecified atom stereocenters. The summed E-state index contributed by atoms with van der Waals surface area (Å²) in [6.07, 6.45) is 6.63. The van der Waals surface area contributed by atoms with Gasteiger partial charge in [-0.3, -0.25) is 4.90 Å². The van der Waals surface area contributed by atoms with Crippen molar-refractivity contribution >= 4 is 0 Å². The summed E-state index contributed by atoms with van der Waals surface area (Å²) in [5.74, 6) is 1.76. The fourth-order valence-electron chi connectivity index (χ4n) is 4.43. The van der Waals surface area contributed by atoms with E-state index in [1.54, 1.807) is 7.11 Å². The number of hydrogen-bond donors (Lipinski definition) is 0. The summed E-state index contributed by atoms with van der Waals surface area (Å²) >= 11 is 0. The Bertz CT molecular complexity index is 557. The molecule has 4 heteroatoms. The van der Waals surface area contributed by atoms with Gasteiger partial charge < -0.3 is 14.2 Å². The molecule has 3 aliphatic rings. The van der Waals surface area contributed by atoms with Crippen LogP contribution in [0, 0.1) is 11.3 Å². The molecule has 0 aromatic heterocycles. The molecule has 1 saturated carbocycles. The molecule has 1 aromatic carbocycles. The van der Waals surface area contributed by atoms with Crippen LogP contribution in [0.3, 0.4) is 0 Å². The van der Waals surface area contributed by atoms with Gasteiger partial charge in [-0.2, -0.15) is 0 Å². The summed E-state index contributed by atoms with van der Waals surface area (Å²) in [5, 5.41) is 0. The molecule has 0 spiro atoms. The normalized spacial score (nSPS) is 30.0. The first-order valence-electron chi connectivity index (χ1n) is 9.82. The predicted molar refractivity (Wildman–Crippen MR) is 97.8 cm³/mol. The number of nitrogens with zero attached hydrogens (tertiary/aromatic N) is 1. The molecule has 3 fully saturated rings. The van der Waals surface area contributed by atoms with Crippen LogP contribution < -0.4 is 4.74 Å². The van der Waals surface area contributed by atoms with E-state index in [-0.39, 0.29) is 5.41 Å². The highest BCUT2D eigenvalue weighted by atomic mass is 16.5. The highest BCUT2D eigenvalue weighted by Gasteiger charge is 2.46. The Labute approximate surface area is 151 Å². The van der Waals surface area contributed by atoms with Crippen molar-refractivity contribution in [3.8, 4) is 5.75 Å². The van der Waals surface area contributed by atoms with Gasteiger partial charge in [0.25, 0.3) is 0 Å². The van der Waals surface area contributed by atoms with Gasteiger partial charge in [-0.1, -0.05) is 12.1 Å². The van der Waals surface area contributed by atoms with Gasteiger partial charge in [0.2, 0.25) is 0 Å². The summed E-state index contributed by atoms with van der Waals surface area (Å²) in [7, 11) is 1.72. The average molecular weight is 345 g/mol. The van der Waals surface area contributed by atoms with Gasteiger partial charge in [0.15, 0.2) is 0 Å². The minimum absolute atomic E-state index is 0.192. The molecule has 25 heavy (non-hydrogen) atoms. The van der Waals surface area contributed by atoms with Crippen LogP contribution in [-0.2, 0) is 16.0 Å². The van der Waals surface area contributed by atoms with E-state index in [9.17, 15) is 0 Å². The van der Waals surface area contributed by atoms with Crippen LogP contribution in [0.25, 0.3) is 0 Å². The molecule has 0 N–H and O–H groups in total. The molecule has 0 radical (unpaired) electrons. The lowest BCUT2D eigenvalue weighted by Gasteiger charge is -2.50. The minimum atomic E-state index is 0.192. The molecule has 4 rings (SSSR count). The van der Waals surface area contributed by atoms with E-state index in [1.807, 2.05) is 0 Å². The molecule has 138 valence electrons. The summed E-state index contributed by atoms with van der Waals surface area (Å²) < 4.78 is 17.6. The molecule has 2 aliphatic heterocycles. The van der Waals surface area contributed by atoms with Crippen LogP contribution in [0.1, 0.15) is 37.7 Å². The van der Waals surface area contributed by atoms with Crippen LogP contribution >= 0.6 is 0 Å². The SMILES string of the molecule is COc1ccc(CN2CCC3OCCCC3(COCC3CC3)C2)cc1. The number of hydrogen-bond acceptors (Lipinski definition) is 4. The smallest absolute Gasteiger partial charge is 0.118 e. The van der Waals surface area contributed by atoms with E-state index < -0.39 is 0 Å². The van der Waals surface area contributed by atoms with Crippen molar-refractivity contribution in [3.63, 3.8) is 0 Å². The Hall–Kier alpha value is -1.10. The summed E-state index contributed by atoms with van der Waals surface area (Å²) in [6, 6.07) is 8.47. The monoisotopic (exact) mass is 345 g/mol. The third-order valence-corrected chi connectivity index (χ3v) is 6.07. The zero-order valence-corrected chi connectivity index (χ0v) is 15.4. The lowest BCUT2D eigenvalue weighted by Crippen LogP contribution is -2.56. The van der Waals surface area contributed by atoms with Crippen LogP contribution in [-0.4, -0.2) is 51.0 Å². The van der Waals surface area contributed by atoms with E-state index in [0.717, 1.165) is 57.5 Å². The van der Waals surface area contributed by atoms with E-state index >= 15 is 0 Å². The fraction of sp³-hybridized carbons (Fsp3) is 0.714. The number of likely N-dealkylation sites (tertiary alicyclic amines) is 1. The lowest BCUT2D eigenvalue weighted by molar-refractivity contribution is -0.154. The van der Waals surface area contributed by atoms with Crippen molar-refractivity contribution in [2.24, 2.45) is 11.3 Å². The highest BCUT2D eigenvalue weighted by molar-refractivity contribution is 5.27. The van der Waals surface area contributed by atoms with Gasteiger partial charge >= 0.3 is 0 Å². The average Bonchev–Trinajstić information content (AvgIpc) is 3.46. The van der Waals surface area contributed by atoms with Crippen molar-refractivity contribution in [3.05, 3.63) is 29.8 Å². The molecule has 2 atom stereocenters. The van der Waals surface area contributed by atoms with Crippen LogP contribution in [0.2, 0.25) is 0 Å². The van der Waals surface area contributed by atoms with Gasteiger partial charge in [0.05, 0.1) is 19.8 Å². The summed E-state index contributed by atoms with van der Waals surface area (Å²) in [6.45, 7) is 5.95. The van der Waals surface area contributed by atoms with Crippen LogP contribution in [0.5, 0.6) is 5.75 Å². The molecule has 4 nitrogen and oxygen atoms in total. The second kappa shape index (κ2) is 7.65. The third kappa shape index (κ3) is 4.18. The van der Waals surface area contributed by atoms with Crippen LogP contribution in [0.15, 0.2) is 24.3 Å². The minimum Gasteiger partial charge on any atom is -0.497 e. The van der Waals surface area contributed by atoms with Crippen molar-refractivity contribution in [1.82, 2.24) is 4.90 Å². The van der Waals surface area contributed by atoms with E-state index in [2.05, 4.69) is 29.2 Å². The number of methoxy groups -OCH3 is 1. The maximum Gasteiger partial charge on any atom is 0.118 e. The predicted octanol–water partition coefficient (Wildman–Crippen LogP) is 3.49. The number of ether oxygens (including phenoxy) is 3. The topological polar surface area (TPSA) is 30.9 Å². The number of rotatable bonds is 7. The zero-order valence-electron chi connectivity index (χ0n) is 15.4. The van der Waals surface area contributed by atoms with E-state index in [1.165, 1.54) is 31.2 Å². The fourth-order valence-corrected chi connectivity index (χ4v) is 4.43. The molecule has 2 saturated heterocycles. The van der Waals surface area contributed by atoms with Crippen molar-refractivity contribution in [2.45, 2.75) is 44.8 Å². The van der Waals surface area contributed by atoms with E-state index in [0.29, 0.717) is 6.10 Å². The zero-order chi connectivity index (χ0) is 17.1. The Balaban J connectivity index is 1.39. The Morgan fingerprint density at radius 1 is 1.20 bits per heavy atom. The van der Waals surface area contributed by atoms with Gasteiger partial charge in [0.1, 0.15) is 5.75 Å². The maximum absolute atomic E-state index is 6.16. The van der Waals surface area contributed by atoms with E-state index in [4.69, 9.17) is 14.2 Å². The molecule has 0 bridgehead atoms. The van der Waals surface area contributed by atoms with Crippen molar-refractivity contribution in [2.75, 3.05) is 40.0 Å². The highest BCUT2D eigenvalue weighted by Crippen LogP contribution is 2.41. The molecule has 0 amide bonds. The standard InChI is InChI=1S/C21H31NO3/c1-23-19-7-5-17(6-8-19)13-22-11-9-20-21(15-22,10-2-12-25-20)16-24-14-18-3-4-18/h5-8,18,20H,2-4,9-16H2,1H3. The van der Waals surface area contributed by atoms with Gasteiger partial charge in [0, 0.05) is 38.3 Å². The Kier molecular flexibility index (Phi) is 5.30. The first-order chi connectivity index (χ1) is 12.3. The summed E-state index contributed by atoms with van der Waals surface area (Å²) in [5.41, 5.74) is 1.54. The molecule has 2 heterocycles. The molecule has 1 aliphatic carbocycles. The maximum atomic E-state index is 6.16. The first kappa shape index (κ1) is 17.3. The number of fused-ring (bicyclic) bond motifs is 1. The van der Waals surface area contributed by atoms with Gasteiger partial charge in [-0.05, 0) is 55.7 Å². The number of benzene rings is 1. The second-order valence-corrected chi connectivity index (χ2v) is 8.13.